The molecule has 2 N–H and O–H groups in total. The van der Waals surface area contributed by atoms with Crippen molar-refractivity contribution in [2.45, 2.75) is 26.8 Å². The smallest absolute Gasteiger partial charge is 0.233 e. The Hall–Kier alpha value is -2.82. The second-order valence-corrected chi connectivity index (χ2v) is 5.67. The molecule has 2 rings (SSSR count). The summed E-state index contributed by atoms with van der Waals surface area (Å²) in [6, 6.07) is 13.1. The summed E-state index contributed by atoms with van der Waals surface area (Å²) in [7, 11) is 1.60. The number of aryl methyl sites for hydroxylation is 2. The summed E-state index contributed by atoms with van der Waals surface area (Å²) in [5, 5.41) is 5.50. The van der Waals surface area contributed by atoms with E-state index in [4.69, 9.17) is 4.74 Å². The van der Waals surface area contributed by atoms with Crippen LogP contribution in [0.5, 0.6) is 5.75 Å². The van der Waals surface area contributed by atoms with Gasteiger partial charge >= 0.3 is 0 Å². The van der Waals surface area contributed by atoms with Crippen LogP contribution in [0.15, 0.2) is 42.5 Å². The molecule has 0 fully saturated rings. The Bertz CT molecular complexity index is 724. The molecule has 126 valence electrons. The van der Waals surface area contributed by atoms with E-state index in [1.165, 1.54) is 0 Å². The van der Waals surface area contributed by atoms with Gasteiger partial charge in [-0.2, -0.15) is 0 Å². The molecule has 0 heterocycles. The molecule has 0 saturated heterocycles. The standard InChI is InChI=1S/C19H22N2O3/c1-13-4-9-17(14(2)10-13)21-19(23)11-18(22)20-12-15-5-7-16(24-3)8-6-15/h4-10H,11-12H2,1-3H3,(H,20,22)(H,21,23). The largest absolute Gasteiger partial charge is 0.497 e. The van der Waals surface area contributed by atoms with E-state index in [2.05, 4.69) is 10.6 Å². The predicted molar refractivity (Wildman–Crippen MR) is 94.0 cm³/mol. The van der Waals surface area contributed by atoms with Gasteiger partial charge in [-0.05, 0) is 43.2 Å². The number of nitrogens with one attached hydrogen (secondary N) is 2. The van der Waals surface area contributed by atoms with E-state index in [1.54, 1.807) is 7.11 Å². The van der Waals surface area contributed by atoms with Crippen molar-refractivity contribution in [2.24, 2.45) is 0 Å². The van der Waals surface area contributed by atoms with Gasteiger partial charge in [-0.1, -0.05) is 29.8 Å². The first-order valence-corrected chi connectivity index (χ1v) is 7.74. The van der Waals surface area contributed by atoms with E-state index < -0.39 is 0 Å². The van der Waals surface area contributed by atoms with Crippen LogP contribution in [0.4, 0.5) is 5.69 Å². The molecular formula is C19H22N2O3. The fourth-order valence-electron chi connectivity index (χ4n) is 2.30. The second-order valence-electron chi connectivity index (χ2n) is 5.67. The molecule has 0 spiro atoms. The first-order chi connectivity index (χ1) is 11.5. The molecule has 2 amide bonds. The molecule has 0 radical (unpaired) electrons. The molecule has 24 heavy (non-hydrogen) atoms. The van der Waals surface area contributed by atoms with Gasteiger partial charge in [0.1, 0.15) is 12.2 Å². The minimum atomic E-state index is -0.325. The van der Waals surface area contributed by atoms with E-state index in [0.29, 0.717) is 6.54 Å². The molecule has 0 bridgehead atoms. The topological polar surface area (TPSA) is 67.4 Å². The second kappa shape index (κ2) is 8.15. The number of ether oxygens (including phenoxy) is 1. The van der Waals surface area contributed by atoms with E-state index in [1.807, 2.05) is 56.3 Å². The lowest BCUT2D eigenvalue weighted by Gasteiger charge is -2.10. The van der Waals surface area contributed by atoms with Gasteiger partial charge in [-0.15, -0.1) is 0 Å². The number of carbonyl (C=O) groups excluding carboxylic acids is 2. The van der Waals surface area contributed by atoms with Crippen LogP contribution in [-0.4, -0.2) is 18.9 Å². The number of methoxy groups -OCH3 is 1. The molecule has 5 heteroatoms. The molecule has 0 aliphatic carbocycles. The zero-order chi connectivity index (χ0) is 17.5. The highest BCUT2D eigenvalue weighted by Crippen LogP contribution is 2.16. The average molecular weight is 326 g/mol. The van der Waals surface area contributed by atoms with Crippen molar-refractivity contribution in [2.75, 3.05) is 12.4 Å². The van der Waals surface area contributed by atoms with Crippen LogP contribution in [0.2, 0.25) is 0 Å². The lowest BCUT2D eigenvalue weighted by molar-refractivity contribution is -0.126. The van der Waals surface area contributed by atoms with Crippen molar-refractivity contribution in [3.63, 3.8) is 0 Å². The third-order valence-corrected chi connectivity index (χ3v) is 3.63. The normalized spacial score (nSPS) is 10.1. The number of carbonyl (C=O) groups is 2. The molecule has 5 nitrogen and oxygen atoms in total. The molecule has 0 saturated carbocycles. The van der Waals surface area contributed by atoms with Gasteiger partial charge in [0.2, 0.25) is 11.8 Å². The SMILES string of the molecule is COc1ccc(CNC(=O)CC(=O)Nc2ccc(C)cc2C)cc1. The lowest BCUT2D eigenvalue weighted by atomic mass is 10.1. The Balaban J connectivity index is 1.81. The number of benzene rings is 2. The highest BCUT2D eigenvalue weighted by molar-refractivity contribution is 6.03. The Morgan fingerprint density at radius 3 is 2.33 bits per heavy atom. The Kier molecular flexibility index (Phi) is 5.95. The number of hydrogen-bond donors (Lipinski definition) is 2. The van der Waals surface area contributed by atoms with E-state index in [9.17, 15) is 9.59 Å². The maximum Gasteiger partial charge on any atom is 0.233 e. The van der Waals surface area contributed by atoms with Crippen LogP contribution in [0.1, 0.15) is 23.1 Å². The zero-order valence-corrected chi connectivity index (χ0v) is 14.2. The van der Waals surface area contributed by atoms with Gasteiger partial charge in [0, 0.05) is 12.2 Å². The maximum absolute atomic E-state index is 12.0. The van der Waals surface area contributed by atoms with Crippen LogP contribution in [-0.2, 0) is 16.1 Å². The van der Waals surface area contributed by atoms with Crippen LogP contribution in [0, 0.1) is 13.8 Å². The van der Waals surface area contributed by atoms with Crippen LogP contribution < -0.4 is 15.4 Å². The third-order valence-electron chi connectivity index (χ3n) is 3.63. The van der Waals surface area contributed by atoms with Gasteiger partial charge in [0.15, 0.2) is 0 Å². The minimum Gasteiger partial charge on any atom is -0.497 e. The van der Waals surface area contributed by atoms with Gasteiger partial charge in [-0.25, -0.2) is 0 Å². The molecule has 0 atom stereocenters. The summed E-state index contributed by atoms with van der Waals surface area (Å²) in [5.74, 6) is 0.125. The predicted octanol–water partition coefficient (Wildman–Crippen LogP) is 2.96. The van der Waals surface area contributed by atoms with Crippen molar-refractivity contribution < 1.29 is 14.3 Å². The lowest BCUT2D eigenvalue weighted by Crippen LogP contribution is -2.27. The van der Waals surface area contributed by atoms with Crippen molar-refractivity contribution in [1.29, 1.82) is 0 Å². The van der Waals surface area contributed by atoms with Crippen molar-refractivity contribution >= 4 is 17.5 Å². The average Bonchev–Trinajstić information content (AvgIpc) is 2.56. The summed E-state index contributed by atoms with van der Waals surface area (Å²) in [4.78, 5) is 23.8. The first kappa shape index (κ1) is 17.5. The van der Waals surface area contributed by atoms with Crippen molar-refractivity contribution in [1.82, 2.24) is 5.32 Å². The van der Waals surface area contributed by atoms with E-state index in [0.717, 1.165) is 28.1 Å². The minimum absolute atomic E-state index is 0.205. The third kappa shape index (κ3) is 5.12. The summed E-state index contributed by atoms with van der Waals surface area (Å²) in [6.45, 7) is 4.29. The van der Waals surface area contributed by atoms with Gasteiger partial charge in [0.05, 0.1) is 7.11 Å². The van der Waals surface area contributed by atoms with Crippen LogP contribution in [0.3, 0.4) is 0 Å². The Morgan fingerprint density at radius 2 is 1.71 bits per heavy atom. The monoisotopic (exact) mass is 326 g/mol. The van der Waals surface area contributed by atoms with Crippen molar-refractivity contribution in [3.05, 3.63) is 59.2 Å². The van der Waals surface area contributed by atoms with Gasteiger partial charge in [-0.3, -0.25) is 9.59 Å². The summed E-state index contributed by atoms with van der Waals surface area (Å²) in [5.41, 5.74) is 3.78. The Labute approximate surface area is 142 Å². The zero-order valence-electron chi connectivity index (χ0n) is 14.2. The molecular weight excluding hydrogens is 304 g/mol. The highest BCUT2D eigenvalue weighted by Gasteiger charge is 2.10. The summed E-state index contributed by atoms with van der Waals surface area (Å²) >= 11 is 0. The van der Waals surface area contributed by atoms with Crippen molar-refractivity contribution in [3.8, 4) is 5.75 Å². The first-order valence-electron chi connectivity index (χ1n) is 7.74. The highest BCUT2D eigenvalue weighted by atomic mass is 16.5. The molecule has 0 aliphatic rings. The van der Waals surface area contributed by atoms with Crippen LogP contribution >= 0.6 is 0 Å². The molecule has 2 aromatic carbocycles. The fourth-order valence-corrected chi connectivity index (χ4v) is 2.30. The summed E-state index contributed by atoms with van der Waals surface area (Å²) in [6.07, 6.45) is -0.205. The Morgan fingerprint density at radius 1 is 1.00 bits per heavy atom. The van der Waals surface area contributed by atoms with Gasteiger partial charge < -0.3 is 15.4 Å². The summed E-state index contributed by atoms with van der Waals surface area (Å²) < 4.78 is 5.08. The number of rotatable bonds is 6. The van der Waals surface area contributed by atoms with E-state index in [-0.39, 0.29) is 18.2 Å². The number of anilines is 1. The van der Waals surface area contributed by atoms with Crippen LogP contribution in [0.25, 0.3) is 0 Å². The molecule has 0 unspecified atom stereocenters. The molecule has 0 aliphatic heterocycles. The van der Waals surface area contributed by atoms with Gasteiger partial charge in [0.25, 0.3) is 0 Å². The van der Waals surface area contributed by atoms with E-state index >= 15 is 0 Å². The fraction of sp³-hybridized carbons (Fsp3) is 0.263. The quantitative estimate of drug-likeness (QED) is 0.802. The molecule has 0 aromatic heterocycles. The number of hydrogen-bond acceptors (Lipinski definition) is 3. The maximum atomic E-state index is 12.0. The molecule has 2 aromatic rings. The number of amides is 2.